The standard InChI is InChI=1S/C22H14BrCl2N3O3/c23-14-4-1-12(2-5-14)18-11-19-16-10-15(24)6-8-21(16)31-22(27(19)26-18)13-3-7-17(25)20(9-13)28(29)30/h1-10,19,22H,11H2/t19-,22+/m1/s1. The number of benzene rings is 3. The lowest BCUT2D eigenvalue weighted by atomic mass is 9.96. The summed E-state index contributed by atoms with van der Waals surface area (Å²) in [6.07, 6.45) is 0.0208. The zero-order chi connectivity index (χ0) is 21.7. The first-order valence-corrected chi connectivity index (χ1v) is 11.0. The van der Waals surface area contributed by atoms with Crippen LogP contribution in [0.2, 0.25) is 10.0 Å². The molecule has 2 aliphatic heterocycles. The molecule has 31 heavy (non-hydrogen) atoms. The van der Waals surface area contributed by atoms with Crippen LogP contribution in [0.4, 0.5) is 5.69 Å². The fourth-order valence-corrected chi connectivity index (χ4v) is 4.55. The molecule has 156 valence electrons. The van der Waals surface area contributed by atoms with Crippen molar-refractivity contribution in [2.24, 2.45) is 5.10 Å². The molecule has 0 aliphatic carbocycles. The molecule has 0 unspecified atom stereocenters. The average molecular weight is 519 g/mol. The van der Waals surface area contributed by atoms with Crippen molar-refractivity contribution < 1.29 is 9.66 Å². The van der Waals surface area contributed by atoms with Gasteiger partial charge in [-0.05, 0) is 42.0 Å². The molecule has 6 nitrogen and oxygen atoms in total. The molecule has 2 heterocycles. The molecule has 0 radical (unpaired) electrons. The number of hydrazone groups is 1. The number of fused-ring (bicyclic) bond motifs is 3. The number of halogens is 3. The maximum Gasteiger partial charge on any atom is 0.288 e. The predicted octanol–water partition coefficient (Wildman–Crippen LogP) is 6.91. The van der Waals surface area contributed by atoms with E-state index in [1.165, 1.54) is 12.1 Å². The number of nitro benzene ring substituents is 1. The van der Waals surface area contributed by atoms with Gasteiger partial charge < -0.3 is 4.74 Å². The van der Waals surface area contributed by atoms with Crippen LogP contribution >= 0.6 is 39.1 Å². The lowest BCUT2D eigenvalue weighted by molar-refractivity contribution is -0.384. The minimum Gasteiger partial charge on any atom is -0.464 e. The Morgan fingerprint density at radius 3 is 2.61 bits per heavy atom. The highest BCUT2D eigenvalue weighted by Gasteiger charge is 2.41. The van der Waals surface area contributed by atoms with Crippen LogP contribution in [-0.4, -0.2) is 15.6 Å². The normalized spacial score (nSPS) is 19.3. The molecule has 0 saturated carbocycles. The molecule has 3 aromatic carbocycles. The Bertz CT molecular complexity index is 1230. The number of hydrogen-bond donors (Lipinski definition) is 0. The summed E-state index contributed by atoms with van der Waals surface area (Å²) >= 11 is 15.7. The minimum atomic E-state index is -0.636. The second-order valence-electron chi connectivity index (χ2n) is 7.27. The first-order chi connectivity index (χ1) is 14.9. The van der Waals surface area contributed by atoms with Crippen LogP contribution in [0.15, 0.2) is 70.2 Å². The molecular formula is C22H14BrCl2N3O3. The maximum atomic E-state index is 11.4. The van der Waals surface area contributed by atoms with Gasteiger partial charge in [0.2, 0.25) is 6.23 Å². The predicted molar refractivity (Wildman–Crippen MR) is 123 cm³/mol. The third kappa shape index (κ3) is 3.67. The van der Waals surface area contributed by atoms with Crippen LogP contribution in [0.25, 0.3) is 0 Å². The molecule has 2 aliphatic rings. The van der Waals surface area contributed by atoms with Crippen molar-refractivity contribution in [1.82, 2.24) is 5.01 Å². The fourth-order valence-electron chi connectivity index (χ4n) is 3.92. The van der Waals surface area contributed by atoms with Gasteiger partial charge in [0, 0.05) is 33.1 Å². The molecule has 9 heteroatoms. The van der Waals surface area contributed by atoms with Gasteiger partial charge in [-0.2, -0.15) is 5.10 Å². The number of ether oxygens (including phenoxy) is 1. The van der Waals surface area contributed by atoms with Gasteiger partial charge in [0.1, 0.15) is 10.8 Å². The molecule has 0 fully saturated rings. The Balaban J connectivity index is 1.61. The highest BCUT2D eigenvalue weighted by Crippen LogP contribution is 2.48. The van der Waals surface area contributed by atoms with Gasteiger partial charge in [0.25, 0.3) is 5.69 Å². The summed E-state index contributed by atoms with van der Waals surface area (Å²) in [6, 6.07) is 18.0. The van der Waals surface area contributed by atoms with Crippen LogP contribution in [0.5, 0.6) is 5.75 Å². The maximum absolute atomic E-state index is 11.4. The number of nitrogens with zero attached hydrogens (tertiary/aromatic N) is 3. The van der Waals surface area contributed by atoms with Crippen molar-refractivity contribution >= 4 is 50.5 Å². The highest BCUT2D eigenvalue weighted by atomic mass is 79.9. The van der Waals surface area contributed by atoms with Gasteiger partial charge in [-0.15, -0.1) is 0 Å². The van der Waals surface area contributed by atoms with E-state index in [9.17, 15) is 10.1 Å². The van der Waals surface area contributed by atoms with Gasteiger partial charge >= 0.3 is 0 Å². The van der Waals surface area contributed by atoms with Crippen LogP contribution in [0, 0.1) is 10.1 Å². The SMILES string of the molecule is O=[N+]([O-])c1cc([C@@H]2Oc3ccc(Cl)cc3[C@H]3CC(c4ccc(Br)cc4)=NN32)ccc1Cl. The van der Waals surface area contributed by atoms with Crippen molar-refractivity contribution in [2.45, 2.75) is 18.7 Å². The molecule has 0 bridgehead atoms. The summed E-state index contributed by atoms with van der Waals surface area (Å²) in [5.41, 5.74) is 3.27. The van der Waals surface area contributed by atoms with Gasteiger partial charge in [-0.1, -0.05) is 57.3 Å². The van der Waals surface area contributed by atoms with E-state index in [-0.39, 0.29) is 16.8 Å². The van der Waals surface area contributed by atoms with Crippen LogP contribution in [0.3, 0.4) is 0 Å². The molecule has 0 spiro atoms. The molecule has 2 atom stereocenters. The summed E-state index contributed by atoms with van der Waals surface area (Å²) in [4.78, 5) is 10.9. The van der Waals surface area contributed by atoms with E-state index in [2.05, 4.69) is 15.9 Å². The largest absolute Gasteiger partial charge is 0.464 e. The Kier molecular flexibility index (Phi) is 5.12. The Hall–Kier alpha value is -2.61. The molecule has 0 amide bonds. The minimum absolute atomic E-state index is 0.0776. The van der Waals surface area contributed by atoms with Crippen LogP contribution in [0.1, 0.15) is 35.4 Å². The Morgan fingerprint density at radius 2 is 1.87 bits per heavy atom. The molecule has 3 aromatic rings. The summed E-state index contributed by atoms with van der Waals surface area (Å²) in [7, 11) is 0. The summed E-state index contributed by atoms with van der Waals surface area (Å²) in [5, 5.41) is 18.8. The summed E-state index contributed by atoms with van der Waals surface area (Å²) < 4.78 is 7.24. The van der Waals surface area contributed by atoms with Crippen molar-refractivity contribution in [1.29, 1.82) is 0 Å². The number of hydrogen-bond acceptors (Lipinski definition) is 5. The summed E-state index contributed by atoms with van der Waals surface area (Å²) in [6.45, 7) is 0. The van der Waals surface area contributed by atoms with Gasteiger partial charge in [0.05, 0.1) is 16.7 Å². The van der Waals surface area contributed by atoms with Crippen molar-refractivity contribution in [3.8, 4) is 5.75 Å². The van der Waals surface area contributed by atoms with E-state index < -0.39 is 11.2 Å². The van der Waals surface area contributed by atoms with Crippen molar-refractivity contribution in [3.05, 3.63) is 102 Å². The molecule has 0 N–H and O–H groups in total. The molecular weight excluding hydrogens is 505 g/mol. The van der Waals surface area contributed by atoms with Gasteiger partial charge in [-0.3, -0.25) is 10.1 Å². The first-order valence-electron chi connectivity index (χ1n) is 9.42. The van der Waals surface area contributed by atoms with E-state index in [1.54, 1.807) is 12.1 Å². The van der Waals surface area contributed by atoms with E-state index in [4.69, 9.17) is 33.0 Å². The van der Waals surface area contributed by atoms with E-state index >= 15 is 0 Å². The molecule has 0 aromatic heterocycles. The van der Waals surface area contributed by atoms with E-state index in [0.29, 0.717) is 22.8 Å². The zero-order valence-electron chi connectivity index (χ0n) is 15.8. The smallest absolute Gasteiger partial charge is 0.288 e. The third-order valence-corrected chi connectivity index (χ3v) is 6.46. The number of nitro groups is 1. The van der Waals surface area contributed by atoms with Gasteiger partial charge in [-0.25, -0.2) is 5.01 Å². The van der Waals surface area contributed by atoms with E-state index in [0.717, 1.165) is 21.3 Å². The first kappa shape index (κ1) is 20.3. The lowest BCUT2D eigenvalue weighted by Crippen LogP contribution is -2.33. The van der Waals surface area contributed by atoms with Gasteiger partial charge in [0.15, 0.2) is 0 Å². The average Bonchev–Trinajstić information content (AvgIpc) is 3.20. The summed E-state index contributed by atoms with van der Waals surface area (Å²) in [5.74, 6) is 0.681. The second kappa shape index (κ2) is 7.82. The van der Waals surface area contributed by atoms with Crippen molar-refractivity contribution in [2.75, 3.05) is 0 Å². The molecule has 0 saturated heterocycles. The van der Waals surface area contributed by atoms with Crippen molar-refractivity contribution in [3.63, 3.8) is 0 Å². The zero-order valence-corrected chi connectivity index (χ0v) is 18.9. The second-order valence-corrected chi connectivity index (χ2v) is 9.03. The third-order valence-electron chi connectivity index (χ3n) is 5.38. The van der Waals surface area contributed by atoms with E-state index in [1.807, 2.05) is 41.4 Å². The molecule has 5 rings (SSSR count). The monoisotopic (exact) mass is 517 g/mol. The van der Waals surface area contributed by atoms with Crippen LogP contribution in [-0.2, 0) is 0 Å². The Labute approximate surface area is 196 Å². The quantitative estimate of drug-likeness (QED) is 0.279. The Morgan fingerprint density at radius 1 is 1.10 bits per heavy atom. The number of rotatable bonds is 3. The van der Waals surface area contributed by atoms with Crippen LogP contribution < -0.4 is 4.74 Å². The lowest BCUT2D eigenvalue weighted by Gasteiger charge is -2.38. The highest BCUT2D eigenvalue weighted by molar-refractivity contribution is 9.10. The topological polar surface area (TPSA) is 68.0 Å². The fraction of sp³-hybridized carbons (Fsp3) is 0.136.